The molecule has 3 heteroatoms. The summed E-state index contributed by atoms with van der Waals surface area (Å²) < 4.78 is 6.21. The Hall–Kier alpha value is -4.73. The molecule has 3 aliphatic rings. The monoisotopic (exact) mass is 502 g/mol. The van der Waals surface area contributed by atoms with Gasteiger partial charge in [0.05, 0.1) is 5.92 Å². The fourth-order valence-corrected chi connectivity index (χ4v) is 6.98. The summed E-state index contributed by atoms with van der Waals surface area (Å²) in [5.74, 6) is -0.751. The van der Waals surface area contributed by atoms with Crippen molar-refractivity contribution in [2.75, 3.05) is 0 Å². The highest BCUT2D eigenvalue weighted by molar-refractivity contribution is 6.27. The van der Waals surface area contributed by atoms with Crippen LogP contribution in [0.1, 0.15) is 5.56 Å². The number of carbonyl (C=O) groups excluding carboxylic acids is 1. The third kappa shape index (κ3) is 2.78. The van der Waals surface area contributed by atoms with Gasteiger partial charge < -0.3 is 9.52 Å². The van der Waals surface area contributed by atoms with Crippen molar-refractivity contribution in [3.8, 4) is 11.1 Å². The molecule has 0 amide bonds. The van der Waals surface area contributed by atoms with Crippen molar-refractivity contribution in [3.05, 3.63) is 115 Å². The van der Waals surface area contributed by atoms with Crippen LogP contribution in [0.5, 0.6) is 0 Å². The molecule has 6 aromatic carbocycles. The molecule has 0 fully saturated rings. The van der Waals surface area contributed by atoms with Gasteiger partial charge in [-0.2, -0.15) is 0 Å². The van der Waals surface area contributed by atoms with E-state index >= 15 is 0 Å². The molecule has 0 aliphatic heterocycles. The molecular weight excluding hydrogens is 480 g/mol. The molecule has 0 spiro atoms. The number of rotatable bonds is 2. The lowest BCUT2D eigenvalue weighted by Gasteiger charge is -2.34. The summed E-state index contributed by atoms with van der Waals surface area (Å²) in [4.78, 5) is 12.8. The van der Waals surface area contributed by atoms with Gasteiger partial charge in [-0.1, -0.05) is 91.0 Å². The van der Waals surface area contributed by atoms with E-state index in [9.17, 15) is 9.90 Å². The summed E-state index contributed by atoms with van der Waals surface area (Å²) in [6, 6.07) is 32.2. The Morgan fingerprint density at radius 2 is 1.31 bits per heavy atom. The van der Waals surface area contributed by atoms with Gasteiger partial charge in [-0.15, -0.1) is 0 Å². The molecule has 1 heterocycles. The van der Waals surface area contributed by atoms with Crippen LogP contribution in [0.25, 0.3) is 71.0 Å². The number of aliphatic hydroxyl groups is 1. The van der Waals surface area contributed by atoms with E-state index in [0.29, 0.717) is 0 Å². The van der Waals surface area contributed by atoms with Crippen LogP contribution in [-0.2, 0) is 4.79 Å². The Labute approximate surface area is 223 Å². The SMILES string of the molecule is O=C1C2C=CC(C=C2c2ccc3ccc4c(-c5ccc6c(c5)oc5ccccc56)ccc5ccc2c3c54)C1O. The summed E-state index contributed by atoms with van der Waals surface area (Å²) in [5, 5.41) is 19.8. The minimum atomic E-state index is -0.935. The molecule has 1 aromatic heterocycles. The van der Waals surface area contributed by atoms with E-state index in [4.69, 9.17) is 4.42 Å². The molecule has 10 rings (SSSR count). The van der Waals surface area contributed by atoms with Crippen LogP contribution in [0, 0.1) is 11.8 Å². The number of ketones is 1. The molecule has 184 valence electrons. The van der Waals surface area contributed by atoms with Gasteiger partial charge in [0.2, 0.25) is 0 Å². The first-order valence-corrected chi connectivity index (χ1v) is 13.4. The molecule has 7 aromatic rings. The quantitative estimate of drug-likeness (QED) is 0.191. The number of aliphatic hydroxyl groups excluding tert-OH is 1. The fraction of sp³-hybridized carbons (Fsp3) is 0.0833. The predicted molar refractivity (Wildman–Crippen MR) is 158 cm³/mol. The Kier molecular flexibility index (Phi) is 4.05. The van der Waals surface area contributed by atoms with Crippen LogP contribution >= 0.6 is 0 Å². The summed E-state index contributed by atoms with van der Waals surface area (Å²) in [7, 11) is 0. The van der Waals surface area contributed by atoms with Gasteiger partial charge in [0.1, 0.15) is 17.3 Å². The molecule has 39 heavy (non-hydrogen) atoms. The Balaban J connectivity index is 1.29. The molecular formula is C36H22O3. The van der Waals surface area contributed by atoms with Crippen molar-refractivity contribution in [1.82, 2.24) is 0 Å². The summed E-state index contributed by atoms with van der Waals surface area (Å²) in [6.07, 6.45) is 5.06. The second-order valence-electron chi connectivity index (χ2n) is 10.9. The molecule has 3 aliphatic carbocycles. The highest BCUT2D eigenvalue weighted by atomic mass is 16.3. The van der Waals surface area contributed by atoms with E-state index in [1.54, 1.807) is 0 Å². The van der Waals surface area contributed by atoms with E-state index < -0.39 is 12.0 Å². The lowest BCUT2D eigenvalue weighted by molar-refractivity contribution is -0.130. The standard InChI is InChI=1S/C36H22O3/c37-35-22-10-16-29(36(35)38)30(17-22)24-12-6-20-7-14-27-23(11-5-19-8-15-28(24)34(20)33(19)27)21-9-13-26-25-3-1-2-4-31(25)39-32(26)18-21/h1-18,22,29,35,37H. The molecule has 3 nitrogen and oxygen atoms in total. The van der Waals surface area contributed by atoms with Gasteiger partial charge in [-0.05, 0) is 72.8 Å². The number of furan rings is 1. The highest BCUT2D eigenvalue weighted by Crippen LogP contribution is 2.45. The first kappa shape index (κ1) is 21.2. The molecule has 0 saturated carbocycles. The van der Waals surface area contributed by atoms with Gasteiger partial charge in [-0.3, -0.25) is 4.79 Å². The predicted octanol–water partition coefficient (Wildman–Crippen LogP) is 8.28. The minimum absolute atomic E-state index is 0.103. The van der Waals surface area contributed by atoms with Crippen molar-refractivity contribution in [2.45, 2.75) is 6.10 Å². The van der Waals surface area contributed by atoms with Crippen LogP contribution < -0.4 is 0 Å². The second-order valence-corrected chi connectivity index (χ2v) is 10.9. The van der Waals surface area contributed by atoms with Crippen LogP contribution in [0.2, 0.25) is 0 Å². The maximum Gasteiger partial charge on any atom is 0.173 e. The van der Waals surface area contributed by atoms with Gasteiger partial charge in [-0.25, -0.2) is 0 Å². The Morgan fingerprint density at radius 1 is 0.641 bits per heavy atom. The number of benzene rings is 6. The van der Waals surface area contributed by atoms with Crippen LogP contribution in [-0.4, -0.2) is 17.0 Å². The van der Waals surface area contributed by atoms with Crippen molar-refractivity contribution in [3.63, 3.8) is 0 Å². The molecule has 3 unspecified atom stereocenters. The van der Waals surface area contributed by atoms with E-state index in [-0.39, 0.29) is 11.7 Å². The molecule has 2 bridgehead atoms. The minimum Gasteiger partial charge on any atom is -0.456 e. The van der Waals surface area contributed by atoms with Gasteiger partial charge in [0.25, 0.3) is 0 Å². The maximum atomic E-state index is 12.8. The van der Waals surface area contributed by atoms with Crippen LogP contribution in [0.4, 0.5) is 0 Å². The lowest BCUT2D eigenvalue weighted by atomic mass is 9.71. The normalized spacial score (nSPS) is 20.8. The van der Waals surface area contributed by atoms with Crippen molar-refractivity contribution >= 4 is 65.6 Å². The third-order valence-electron chi connectivity index (χ3n) is 8.86. The zero-order chi connectivity index (χ0) is 25.8. The van der Waals surface area contributed by atoms with Gasteiger partial charge in [0.15, 0.2) is 5.78 Å². The van der Waals surface area contributed by atoms with Crippen LogP contribution in [0.15, 0.2) is 114 Å². The van der Waals surface area contributed by atoms with Crippen molar-refractivity contribution in [2.24, 2.45) is 11.8 Å². The number of Topliss-reactive ketones (excluding diaryl/α,β-unsaturated/α-hetero) is 1. The smallest absolute Gasteiger partial charge is 0.173 e. The van der Waals surface area contributed by atoms with Crippen LogP contribution in [0.3, 0.4) is 0 Å². The zero-order valence-electron chi connectivity index (χ0n) is 20.9. The third-order valence-corrected chi connectivity index (χ3v) is 8.86. The van der Waals surface area contributed by atoms with Crippen molar-refractivity contribution < 1.29 is 14.3 Å². The van der Waals surface area contributed by atoms with E-state index in [2.05, 4.69) is 78.9 Å². The molecule has 3 atom stereocenters. The first-order valence-electron chi connectivity index (χ1n) is 13.4. The lowest BCUT2D eigenvalue weighted by Crippen LogP contribution is -2.40. The average Bonchev–Trinajstić information content (AvgIpc) is 3.36. The number of carbonyl (C=O) groups is 1. The molecule has 0 radical (unpaired) electrons. The zero-order valence-corrected chi connectivity index (χ0v) is 20.9. The van der Waals surface area contributed by atoms with Crippen molar-refractivity contribution in [1.29, 1.82) is 0 Å². The summed E-state index contributed by atoms with van der Waals surface area (Å²) in [6.45, 7) is 0. The topological polar surface area (TPSA) is 50.4 Å². The number of hydrogen-bond donors (Lipinski definition) is 1. The molecule has 1 N–H and O–H groups in total. The Morgan fingerprint density at radius 3 is 2.10 bits per heavy atom. The summed E-state index contributed by atoms with van der Waals surface area (Å²) >= 11 is 0. The number of para-hydroxylation sites is 1. The maximum absolute atomic E-state index is 12.8. The van der Waals surface area contributed by atoms with Gasteiger partial charge >= 0.3 is 0 Å². The Bertz CT molecular complexity index is 2230. The van der Waals surface area contributed by atoms with E-state index in [1.165, 1.54) is 32.5 Å². The second kappa shape index (κ2) is 7.43. The number of hydrogen-bond acceptors (Lipinski definition) is 3. The molecule has 0 saturated heterocycles. The van der Waals surface area contributed by atoms with E-state index in [1.807, 2.05) is 30.4 Å². The first-order chi connectivity index (χ1) is 19.2. The van der Waals surface area contributed by atoms with E-state index in [0.717, 1.165) is 44.0 Å². The number of allylic oxidation sites excluding steroid dienone is 2. The largest absolute Gasteiger partial charge is 0.456 e. The highest BCUT2D eigenvalue weighted by Gasteiger charge is 2.39. The fourth-order valence-electron chi connectivity index (χ4n) is 6.98. The van der Waals surface area contributed by atoms with Gasteiger partial charge in [0, 0.05) is 16.7 Å². The average molecular weight is 503 g/mol. The number of fused-ring (bicyclic) bond motifs is 4. The summed E-state index contributed by atoms with van der Waals surface area (Å²) in [5.41, 5.74) is 6.16.